The first kappa shape index (κ1) is 16.3. The molecule has 2 amide bonds. The molecule has 0 aromatic carbocycles. The van der Waals surface area contributed by atoms with Crippen molar-refractivity contribution in [3.63, 3.8) is 0 Å². The molecule has 0 aliphatic heterocycles. The maximum atomic E-state index is 11.6. The predicted molar refractivity (Wildman–Crippen MR) is 74.2 cm³/mol. The summed E-state index contributed by atoms with van der Waals surface area (Å²) in [6, 6.07) is -0.0685. The van der Waals surface area contributed by atoms with Crippen molar-refractivity contribution in [2.24, 2.45) is 5.41 Å². The van der Waals surface area contributed by atoms with Gasteiger partial charge in [0, 0.05) is 12.1 Å². The first-order chi connectivity index (χ1) is 7.66. The van der Waals surface area contributed by atoms with Crippen LogP contribution in [0, 0.1) is 5.41 Å². The first-order valence-corrected chi connectivity index (χ1v) is 6.72. The fourth-order valence-corrected chi connectivity index (χ4v) is 1.65. The Balaban J connectivity index is 3.88. The summed E-state index contributed by atoms with van der Waals surface area (Å²) >= 11 is 0. The molecule has 0 heterocycles. The van der Waals surface area contributed by atoms with Gasteiger partial charge in [-0.1, -0.05) is 40.0 Å². The zero-order valence-electron chi connectivity index (χ0n) is 12.4. The molecule has 3 nitrogen and oxygen atoms in total. The molecule has 0 rings (SSSR count). The summed E-state index contributed by atoms with van der Waals surface area (Å²) in [5.74, 6) is 0. The van der Waals surface area contributed by atoms with E-state index in [-0.39, 0.29) is 17.0 Å². The maximum Gasteiger partial charge on any atom is 0.315 e. The van der Waals surface area contributed by atoms with E-state index in [4.69, 9.17) is 0 Å². The summed E-state index contributed by atoms with van der Waals surface area (Å²) in [4.78, 5) is 11.6. The van der Waals surface area contributed by atoms with Gasteiger partial charge < -0.3 is 10.6 Å². The first-order valence-electron chi connectivity index (χ1n) is 6.72. The highest BCUT2D eigenvalue weighted by Crippen LogP contribution is 2.22. The second-order valence-corrected chi connectivity index (χ2v) is 6.68. The van der Waals surface area contributed by atoms with Crippen molar-refractivity contribution in [1.82, 2.24) is 10.6 Å². The van der Waals surface area contributed by atoms with Crippen LogP contribution in [0.2, 0.25) is 0 Å². The van der Waals surface area contributed by atoms with E-state index >= 15 is 0 Å². The van der Waals surface area contributed by atoms with Crippen LogP contribution in [0.5, 0.6) is 0 Å². The number of carbonyl (C=O) groups is 1. The van der Waals surface area contributed by atoms with Gasteiger partial charge in [0.15, 0.2) is 0 Å². The Morgan fingerprint density at radius 1 is 1.06 bits per heavy atom. The lowest BCUT2D eigenvalue weighted by Gasteiger charge is -2.27. The Morgan fingerprint density at radius 3 is 2.12 bits per heavy atom. The Hall–Kier alpha value is -0.730. The molecule has 0 bridgehead atoms. The summed E-state index contributed by atoms with van der Waals surface area (Å²) in [5.41, 5.74) is 0.0147. The van der Waals surface area contributed by atoms with Gasteiger partial charge in [-0.3, -0.25) is 0 Å². The molecule has 0 aromatic rings. The molecule has 0 fully saturated rings. The lowest BCUT2D eigenvalue weighted by molar-refractivity contribution is 0.222. The van der Waals surface area contributed by atoms with Crippen LogP contribution in [-0.4, -0.2) is 18.1 Å². The van der Waals surface area contributed by atoms with E-state index in [0.29, 0.717) is 0 Å². The van der Waals surface area contributed by atoms with E-state index in [1.807, 2.05) is 20.8 Å². The van der Waals surface area contributed by atoms with Crippen molar-refractivity contribution in [2.75, 3.05) is 6.54 Å². The number of amides is 2. The number of hydrogen-bond donors (Lipinski definition) is 2. The zero-order chi connectivity index (χ0) is 13.5. The van der Waals surface area contributed by atoms with Crippen molar-refractivity contribution < 1.29 is 4.79 Å². The Labute approximate surface area is 107 Å². The van der Waals surface area contributed by atoms with Crippen LogP contribution in [0.25, 0.3) is 0 Å². The highest BCUT2D eigenvalue weighted by molar-refractivity contribution is 5.74. The van der Waals surface area contributed by atoms with Crippen LogP contribution in [0.4, 0.5) is 4.79 Å². The molecule has 0 aromatic heterocycles. The van der Waals surface area contributed by atoms with Crippen LogP contribution in [-0.2, 0) is 0 Å². The third-order valence-corrected chi connectivity index (χ3v) is 2.67. The van der Waals surface area contributed by atoms with E-state index in [1.165, 1.54) is 19.3 Å². The van der Waals surface area contributed by atoms with Crippen LogP contribution >= 0.6 is 0 Å². The molecular formula is C14H30N2O. The summed E-state index contributed by atoms with van der Waals surface area (Å²) in [6.07, 6.45) is 4.92. The monoisotopic (exact) mass is 242 g/mol. The fourth-order valence-electron chi connectivity index (χ4n) is 1.65. The van der Waals surface area contributed by atoms with Crippen molar-refractivity contribution in [3.05, 3.63) is 0 Å². The lowest BCUT2D eigenvalue weighted by atomic mass is 9.87. The van der Waals surface area contributed by atoms with Gasteiger partial charge in [0.05, 0.1) is 0 Å². The summed E-state index contributed by atoms with van der Waals surface area (Å²) in [5, 5.41) is 5.87. The molecule has 0 aliphatic carbocycles. The lowest BCUT2D eigenvalue weighted by Crippen LogP contribution is -2.48. The molecule has 0 unspecified atom stereocenters. The van der Waals surface area contributed by atoms with Crippen molar-refractivity contribution >= 4 is 6.03 Å². The predicted octanol–water partition coefficient (Wildman–Crippen LogP) is 3.69. The smallest absolute Gasteiger partial charge is 0.315 e. The highest BCUT2D eigenvalue weighted by Gasteiger charge is 2.19. The topological polar surface area (TPSA) is 41.1 Å². The molecule has 0 saturated heterocycles. The third-order valence-electron chi connectivity index (χ3n) is 2.67. The van der Waals surface area contributed by atoms with E-state index in [2.05, 4.69) is 31.4 Å². The van der Waals surface area contributed by atoms with Crippen LogP contribution < -0.4 is 10.6 Å². The second kappa shape index (κ2) is 6.87. The SMILES string of the molecule is CCCCCC(C)(C)CNC(=O)NC(C)(C)C. The number of nitrogens with one attached hydrogen (secondary N) is 2. The van der Waals surface area contributed by atoms with Gasteiger partial charge in [-0.25, -0.2) is 4.79 Å². The average Bonchev–Trinajstić information content (AvgIpc) is 2.13. The second-order valence-electron chi connectivity index (χ2n) is 6.68. The van der Waals surface area contributed by atoms with Gasteiger partial charge in [0.1, 0.15) is 0 Å². The van der Waals surface area contributed by atoms with Gasteiger partial charge in [-0.2, -0.15) is 0 Å². The highest BCUT2D eigenvalue weighted by atomic mass is 16.2. The standard InChI is InChI=1S/C14H30N2O/c1-7-8-9-10-14(5,6)11-15-12(17)16-13(2,3)4/h7-11H2,1-6H3,(H2,15,16,17). The number of hydrogen-bond acceptors (Lipinski definition) is 1. The molecule has 2 N–H and O–H groups in total. The number of urea groups is 1. The maximum absolute atomic E-state index is 11.6. The Bertz CT molecular complexity index is 229. The average molecular weight is 242 g/mol. The van der Waals surface area contributed by atoms with Gasteiger partial charge in [0.2, 0.25) is 0 Å². The van der Waals surface area contributed by atoms with Crippen LogP contribution in [0.3, 0.4) is 0 Å². The molecule has 0 saturated carbocycles. The number of carbonyl (C=O) groups excluding carboxylic acids is 1. The molecule has 0 aliphatic rings. The molecule has 0 radical (unpaired) electrons. The van der Waals surface area contributed by atoms with Gasteiger partial charge >= 0.3 is 6.03 Å². The zero-order valence-corrected chi connectivity index (χ0v) is 12.4. The summed E-state index contributed by atoms with van der Waals surface area (Å²) < 4.78 is 0. The Morgan fingerprint density at radius 2 is 1.65 bits per heavy atom. The van der Waals surface area contributed by atoms with E-state index in [0.717, 1.165) is 13.0 Å². The van der Waals surface area contributed by atoms with E-state index in [1.54, 1.807) is 0 Å². The number of unbranched alkanes of at least 4 members (excludes halogenated alkanes) is 2. The van der Waals surface area contributed by atoms with E-state index < -0.39 is 0 Å². The molecule has 102 valence electrons. The van der Waals surface area contributed by atoms with Gasteiger partial charge in [-0.15, -0.1) is 0 Å². The Kier molecular flexibility index (Phi) is 6.58. The van der Waals surface area contributed by atoms with E-state index in [9.17, 15) is 4.79 Å². The molecule has 0 spiro atoms. The van der Waals surface area contributed by atoms with Gasteiger partial charge in [-0.05, 0) is 32.6 Å². The largest absolute Gasteiger partial charge is 0.338 e. The molecule has 17 heavy (non-hydrogen) atoms. The minimum Gasteiger partial charge on any atom is -0.338 e. The quantitative estimate of drug-likeness (QED) is 0.685. The summed E-state index contributed by atoms with van der Waals surface area (Å²) in [6.45, 7) is 13.3. The summed E-state index contributed by atoms with van der Waals surface area (Å²) in [7, 11) is 0. The van der Waals surface area contributed by atoms with Crippen LogP contribution in [0.15, 0.2) is 0 Å². The minimum absolute atomic E-state index is 0.0685. The minimum atomic E-state index is -0.170. The molecule has 0 atom stereocenters. The van der Waals surface area contributed by atoms with Gasteiger partial charge in [0.25, 0.3) is 0 Å². The number of rotatable bonds is 6. The van der Waals surface area contributed by atoms with Crippen LogP contribution in [0.1, 0.15) is 67.2 Å². The van der Waals surface area contributed by atoms with Crippen molar-refractivity contribution in [3.8, 4) is 0 Å². The van der Waals surface area contributed by atoms with Crippen molar-refractivity contribution in [1.29, 1.82) is 0 Å². The molecule has 3 heteroatoms. The third kappa shape index (κ3) is 10.2. The molecular weight excluding hydrogens is 212 g/mol. The fraction of sp³-hybridized carbons (Fsp3) is 0.929. The van der Waals surface area contributed by atoms with Crippen molar-refractivity contribution in [2.45, 2.75) is 72.8 Å². The normalized spacial score (nSPS) is 12.4.